The Hall–Kier alpha value is -1.65. The van der Waals surface area contributed by atoms with Gasteiger partial charge in [0.05, 0.1) is 11.4 Å². The van der Waals surface area contributed by atoms with Gasteiger partial charge in [0.25, 0.3) is 0 Å². The van der Waals surface area contributed by atoms with Crippen molar-refractivity contribution in [3.63, 3.8) is 0 Å². The largest absolute Gasteiger partial charge is 0.330 e. The minimum Gasteiger partial charge on any atom is -0.330 e. The predicted molar refractivity (Wildman–Crippen MR) is 85.3 cm³/mol. The molecular formula is C17H24N4. The van der Waals surface area contributed by atoms with Crippen LogP contribution < -0.4 is 5.73 Å². The Balaban J connectivity index is 1.82. The fourth-order valence-corrected chi connectivity index (χ4v) is 3.29. The Kier molecular flexibility index (Phi) is 4.08. The average Bonchev–Trinajstić information content (AvgIpc) is 3.07. The zero-order chi connectivity index (χ0) is 14.8. The molecule has 21 heavy (non-hydrogen) atoms. The summed E-state index contributed by atoms with van der Waals surface area (Å²) in [4.78, 5) is 2.52. The van der Waals surface area contributed by atoms with Crippen LogP contribution in [0.2, 0.25) is 0 Å². The van der Waals surface area contributed by atoms with E-state index in [2.05, 4.69) is 58.9 Å². The third-order valence-electron chi connectivity index (χ3n) is 4.55. The molecule has 1 aliphatic heterocycles. The zero-order valence-corrected chi connectivity index (χ0v) is 12.9. The van der Waals surface area contributed by atoms with Gasteiger partial charge < -0.3 is 5.73 Å². The molecule has 2 atom stereocenters. The molecule has 0 radical (unpaired) electrons. The van der Waals surface area contributed by atoms with Crippen molar-refractivity contribution in [3.05, 3.63) is 47.8 Å². The quantitative estimate of drug-likeness (QED) is 0.937. The van der Waals surface area contributed by atoms with Crippen molar-refractivity contribution in [3.8, 4) is 5.69 Å². The normalized spacial score (nSPS) is 22.8. The Morgan fingerprint density at radius 3 is 2.81 bits per heavy atom. The molecule has 4 nitrogen and oxygen atoms in total. The van der Waals surface area contributed by atoms with Gasteiger partial charge in [-0.2, -0.15) is 5.10 Å². The van der Waals surface area contributed by atoms with Gasteiger partial charge in [0.15, 0.2) is 0 Å². The van der Waals surface area contributed by atoms with E-state index in [9.17, 15) is 0 Å². The van der Waals surface area contributed by atoms with Crippen molar-refractivity contribution in [2.24, 2.45) is 11.7 Å². The fraction of sp³-hybridized carbons (Fsp3) is 0.471. The summed E-state index contributed by atoms with van der Waals surface area (Å²) in [5, 5.41) is 4.52. The molecule has 4 heteroatoms. The molecule has 1 aromatic carbocycles. The maximum atomic E-state index is 5.83. The number of hydrogen-bond donors (Lipinski definition) is 1. The number of benzene rings is 1. The summed E-state index contributed by atoms with van der Waals surface area (Å²) in [5.74, 6) is 0.634. The molecule has 1 aliphatic rings. The van der Waals surface area contributed by atoms with E-state index in [0.29, 0.717) is 12.0 Å². The van der Waals surface area contributed by atoms with Gasteiger partial charge in [-0.15, -0.1) is 0 Å². The zero-order valence-electron chi connectivity index (χ0n) is 12.9. The summed E-state index contributed by atoms with van der Waals surface area (Å²) in [7, 11) is 0. The van der Waals surface area contributed by atoms with Crippen LogP contribution in [0, 0.1) is 12.8 Å². The van der Waals surface area contributed by atoms with Gasteiger partial charge in [0.2, 0.25) is 0 Å². The Morgan fingerprint density at radius 1 is 1.29 bits per heavy atom. The molecule has 1 fully saturated rings. The van der Waals surface area contributed by atoms with E-state index in [1.54, 1.807) is 0 Å². The van der Waals surface area contributed by atoms with Gasteiger partial charge in [-0.3, -0.25) is 4.90 Å². The Morgan fingerprint density at radius 2 is 2.10 bits per heavy atom. The minimum atomic E-state index is 0.596. The summed E-state index contributed by atoms with van der Waals surface area (Å²) in [6, 6.07) is 11.1. The molecule has 2 unspecified atom stereocenters. The summed E-state index contributed by atoms with van der Waals surface area (Å²) >= 11 is 0. The second kappa shape index (κ2) is 6.00. The van der Waals surface area contributed by atoms with Gasteiger partial charge in [-0.25, -0.2) is 4.68 Å². The number of likely N-dealkylation sites (tertiary alicyclic amines) is 1. The predicted octanol–water partition coefficient (Wildman–Crippen LogP) is 2.35. The third-order valence-corrected chi connectivity index (χ3v) is 4.55. The van der Waals surface area contributed by atoms with Gasteiger partial charge in [0.1, 0.15) is 0 Å². The summed E-state index contributed by atoms with van der Waals surface area (Å²) in [6.45, 7) is 7.24. The van der Waals surface area contributed by atoms with Crippen LogP contribution in [0.5, 0.6) is 0 Å². The first kappa shape index (κ1) is 14.3. The van der Waals surface area contributed by atoms with E-state index in [4.69, 9.17) is 5.73 Å². The highest BCUT2D eigenvalue weighted by molar-refractivity contribution is 5.40. The topological polar surface area (TPSA) is 47.1 Å². The van der Waals surface area contributed by atoms with Crippen molar-refractivity contribution in [1.82, 2.24) is 14.7 Å². The lowest BCUT2D eigenvalue weighted by molar-refractivity contribution is 0.250. The molecule has 2 aromatic rings. The summed E-state index contributed by atoms with van der Waals surface area (Å²) in [5.41, 5.74) is 9.49. The lowest BCUT2D eigenvalue weighted by Crippen LogP contribution is -2.28. The van der Waals surface area contributed by atoms with E-state index in [0.717, 1.165) is 19.6 Å². The molecule has 0 amide bonds. The number of nitrogens with zero attached hydrogens (tertiary/aromatic N) is 3. The highest BCUT2D eigenvalue weighted by atomic mass is 15.3. The van der Waals surface area contributed by atoms with E-state index < -0.39 is 0 Å². The summed E-state index contributed by atoms with van der Waals surface area (Å²) in [6.07, 6.45) is 3.10. The van der Waals surface area contributed by atoms with Crippen molar-refractivity contribution < 1.29 is 0 Å². The molecular weight excluding hydrogens is 260 g/mol. The Bertz CT molecular complexity index is 604. The maximum Gasteiger partial charge on any atom is 0.0678 e. The molecule has 0 aliphatic carbocycles. The molecule has 1 aromatic heterocycles. The second-order valence-electron chi connectivity index (χ2n) is 6.14. The van der Waals surface area contributed by atoms with Gasteiger partial charge in [-0.1, -0.05) is 18.2 Å². The Labute approximate surface area is 126 Å². The van der Waals surface area contributed by atoms with Gasteiger partial charge in [0, 0.05) is 25.3 Å². The van der Waals surface area contributed by atoms with Gasteiger partial charge in [-0.05, 0) is 50.4 Å². The van der Waals surface area contributed by atoms with Crippen LogP contribution in [-0.4, -0.2) is 33.8 Å². The van der Waals surface area contributed by atoms with E-state index >= 15 is 0 Å². The van der Waals surface area contributed by atoms with Crippen LogP contribution in [0.15, 0.2) is 36.5 Å². The van der Waals surface area contributed by atoms with Crippen molar-refractivity contribution >= 4 is 0 Å². The molecule has 0 spiro atoms. The number of aromatic nitrogens is 2. The first-order chi connectivity index (χ1) is 10.2. The lowest BCUT2D eigenvalue weighted by atomic mass is 10.1. The van der Waals surface area contributed by atoms with Crippen LogP contribution in [0.1, 0.15) is 24.6 Å². The molecule has 3 rings (SSSR count). The SMILES string of the molecule is Cc1ccccc1-n1nccc1CN1CC(CN)CC1C. The highest BCUT2D eigenvalue weighted by Crippen LogP contribution is 2.25. The van der Waals surface area contributed by atoms with Crippen molar-refractivity contribution in [2.75, 3.05) is 13.1 Å². The molecule has 2 N–H and O–H groups in total. The summed E-state index contributed by atoms with van der Waals surface area (Å²) < 4.78 is 2.07. The first-order valence-electron chi connectivity index (χ1n) is 7.72. The van der Waals surface area contributed by atoms with E-state index in [-0.39, 0.29) is 0 Å². The third kappa shape index (κ3) is 2.87. The van der Waals surface area contributed by atoms with Crippen LogP contribution >= 0.6 is 0 Å². The molecule has 0 saturated carbocycles. The number of nitrogens with two attached hydrogens (primary N) is 1. The first-order valence-corrected chi connectivity index (χ1v) is 7.72. The van der Waals surface area contributed by atoms with E-state index in [1.807, 2.05) is 6.20 Å². The van der Waals surface area contributed by atoms with Crippen molar-refractivity contribution in [2.45, 2.75) is 32.9 Å². The number of aryl methyl sites for hydroxylation is 1. The smallest absolute Gasteiger partial charge is 0.0678 e. The standard InChI is InChI=1S/C17H24N4/c1-13-5-3-4-6-17(13)21-16(7-8-19-21)12-20-11-15(10-18)9-14(20)2/h3-8,14-15H,9-12,18H2,1-2H3. The lowest BCUT2D eigenvalue weighted by Gasteiger charge is -2.21. The fourth-order valence-electron chi connectivity index (χ4n) is 3.29. The number of hydrogen-bond acceptors (Lipinski definition) is 3. The molecule has 0 bridgehead atoms. The monoisotopic (exact) mass is 284 g/mol. The second-order valence-corrected chi connectivity index (χ2v) is 6.14. The minimum absolute atomic E-state index is 0.596. The molecule has 2 heterocycles. The number of para-hydroxylation sites is 1. The van der Waals surface area contributed by atoms with Crippen LogP contribution in [0.4, 0.5) is 0 Å². The van der Waals surface area contributed by atoms with Crippen LogP contribution in [-0.2, 0) is 6.54 Å². The highest BCUT2D eigenvalue weighted by Gasteiger charge is 2.28. The molecule has 112 valence electrons. The maximum absolute atomic E-state index is 5.83. The van der Waals surface area contributed by atoms with Crippen LogP contribution in [0.25, 0.3) is 5.69 Å². The molecule has 1 saturated heterocycles. The van der Waals surface area contributed by atoms with Crippen molar-refractivity contribution in [1.29, 1.82) is 0 Å². The number of rotatable bonds is 4. The van der Waals surface area contributed by atoms with Gasteiger partial charge >= 0.3 is 0 Å². The average molecular weight is 284 g/mol. The van der Waals surface area contributed by atoms with Crippen LogP contribution in [0.3, 0.4) is 0 Å². The van der Waals surface area contributed by atoms with E-state index in [1.165, 1.54) is 23.4 Å².